The van der Waals surface area contributed by atoms with Crippen LogP contribution in [0.25, 0.3) is 0 Å². The second kappa shape index (κ2) is 2.42. The molecule has 2 aliphatic rings. The molecule has 2 saturated heterocycles. The number of nitrogens with zero attached hydrogens (tertiary/aromatic N) is 1. The first-order valence-corrected chi connectivity index (χ1v) is 4.31. The third kappa shape index (κ3) is 0.983. The van der Waals surface area contributed by atoms with E-state index >= 15 is 0 Å². The van der Waals surface area contributed by atoms with Gasteiger partial charge in [-0.25, -0.2) is 4.39 Å². The Balaban J connectivity index is 2.16. The average Bonchev–Trinajstić information content (AvgIpc) is 2.23. The maximum absolute atomic E-state index is 13.4. The van der Waals surface area contributed by atoms with Crippen molar-refractivity contribution in [1.82, 2.24) is 4.90 Å². The fourth-order valence-electron chi connectivity index (χ4n) is 2.44. The smallest absolute Gasteiger partial charge is 0.131 e. The number of hydrogen-bond donors (Lipinski definition) is 1. The Kier molecular flexibility index (Phi) is 1.65. The molecule has 11 heavy (non-hydrogen) atoms. The first kappa shape index (κ1) is 7.50. The van der Waals surface area contributed by atoms with Gasteiger partial charge in [0.15, 0.2) is 0 Å². The molecule has 2 fully saturated rings. The molecule has 2 bridgehead atoms. The van der Waals surface area contributed by atoms with E-state index in [4.69, 9.17) is 5.73 Å². The van der Waals surface area contributed by atoms with Gasteiger partial charge in [-0.1, -0.05) is 0 Å². The van der Waals surface area contributed by atoms with E-state index in [2.05, 4.69) is 4.90 Å². The van der Waals surface area contributed by atoms with Crippen molar-refractivity contribution in [2.24, 2.45) is 5.73 Å². The third-order valence-corrected chi connectivity index (χ3v) is 3.22. The van der Waals surface area contributed by atoms with Crippen LogP contribution in [0.2, 0.25) is 0 Å². The van der Waals surface area contributed by atoms with Crippen molar-refractivity contribution in [2.75, 3.05) is 7.05 Å². The minimum absolute atomic E-state index is 0.115. The van der Waals surface area contributed by atoms with E-state index in [1.165, 1.54) is 0 Å². The van der Waals surface area contributed by atoms with Gasteiger partial charge in [0, 0.05) is 18.1 Å². The lowest BCUT2D eigenvalue weighted by Crippen LogP contribution is -2.53. The van der Waals surface area contributed by atoms with Crippen molar-refractivity contribution in [1.29, 1.82) is 0 Å². The quantitative estimate of drug-likeness (QED) is 0.557. The van der Waals surface area contributed by atoms with Crippen molar-refractivity contribution in [3.8, 4) is 0 Å². The van der Waals surface area contributed by atoms with Gasteiger partial charge in [0.05, 0.1) is 0 Å². The van der Waals surface area contributed by atoms with Gasteiger partial charge in [-0.15, -0.1) is 0 Å². The maximum atomic E-state index is 13.4. The van der Waals surface area contributed by atoms with Crippen molar-refractivity contribution >= 4 is 0 Å². The number of nitrogens with two attached hydrogens (primary N) is 1. The third-order valence-electron chi connectivity index (χ3n) is 3.22. The lowest BCUT2D eigenvalue weighted by Gasteiger charge is -2.37. The van der Waals surface area contributed by atoms with Gasteiger partial charge in [0.2, 0.25) is 0 Å². The number of hydrogen-bond acceptors (Lipinski definition) is 2. The second-order valence-corrected chi connectivity index (χ2v) is 3.81. The normalized spacial score (nSPS) is 51.5. The summed E-state index contributed by atoms with van der Waals surface area (Å²) >= 11 is 0. The van der Waals surface area contributed by atoms with Crippen LogP contribution in [0.4, 0.5) is 4.39 Å². The van der Waals surface area contributed by atoms with Crippen LogP contribution in [-0.4, -0.2) is 36.2 Å². The minimum Gasteiger partial charge on any atom is -0.325 e. The molecule has 0 aromatic heterocycles. The zero-order valence-electron chi connectivity index (χ0n) is 6.83. The summed E-state index contributed by atoms with van der Waals surface area (Å²) < 4.78 is 13.4. The van der Waals surface area contributed by atoms with E-state index in [9.17, 15) is 4.39 Å². The Hall–Kier alpha value is -0.150. The summed E-state index contributed by atoms with van der Waals surface area (Å²) in [5.74, 6) is 0. The van der Waals surface area contributed by atoms with Crippen molar-refractivity contribution in [3.63, 3.8) is 0 Å². The molecule has 0 unspecified atom stereocenters. The summed E-state index contributed by atoms with van der Waals surface area (Å²) in [6.07, 6.45) is 2.18. The minimum atomic E-state index is -0.793. The highest BCUT2D eigenvalue weighted by Gasteiger charge is 2.44. The maximum Gasteiger partial charge on any atom is 0.131 e. The molecule has 0 amide bonds. The molecule has 0 aromatic carbocycles. The standard InChI is InChI=1S/C8H15FN2/c1-11-5-2-3-7(11)8(9)6(10)4-5/h5-8H,2-4,10H2,1H3/t5-,6+,7+,8+/m1/s1. The van der Waals surface area contributed by atoms with Crippen LogP contribution in [-0.2, 0) is 0 Å². The van der Waals surface area contributed by atoms with Crippen LogP contribution in [0.5, 0.6) is 0 Å². The number of fused-ring (bicyclic) bond motifs is 2. The summed E-state index contributed by atoms with van der Waals surface area (Å²) in [5, 5.41) is 0. The van der Waals surface area contributed by atoms with Crippen LogP contribution >= 0.6 is 0 Å². The average molecular weight is 158 g/mol. The summed E-state index contributed by atoms with van der Waals surface area (Å²) in [4.78, 5) is 2.16. The van der Waals surface area contributed by atoms with Crippen LogP contribution in [0.3, 0.4) is 0 Å². The van der Waals surface area contributed by atoms with E-state index < -0.39 is 6.17 Å². The number of alkyl halides is 1. The summed E-state index contributed by atoms with van der Waals surface area (Å²) in [6, 6.07) is 0.467. The predicted octanol–water partition coefficient (Wildman–Crippen LogP) is 0.518. The van der Waals surface area contributed by atoms with Crippen LogP contribution < -0.4 is 5.73 Å². The molecule has 4 atom stereocenters. The molecule has 3 heteroatoms. The molecule has 2 rings (SSSR count). The monoisotopic (exact) mass is 158 g/mol. The van der Waals surface area contributed by atoms with E-state index in [0.29, 0.717) is 6.04 Å². The van der Waals surface area contributed by atoms with Gasteiger partial charge in [-0.3, -0.25) is 4.90 Å². The summed E-state index contributed by atoms with van der Waals surface area (Å²) in [6.45, 7) is 0. The largest absolute Gasteiger partial charge is 0.325 e. The van der Waals surface area contributed by atoms with Crippen molar-refractivity contribution in [2.45, 2.75) is 43.6 Å². The molecule has 2 nitrogen and oxygen atoms in total. The highest BCUT2D eigenvalue weighted by Crippen LogP contribution is 2.35. The lowest BCUT2D eigenvalue weighted by molar-refractivity contribution is 0.0721. The topological polar surface area (TPSA) is 29.3 Å². The number of rotatable bonds is 0. The fraction of sp³-hybridized carbons (Fsp3) is 1.00. The molecule has 2 aliphatic heterocycles. The molecule has 0 aromatic rings. The zero-order valence-corrected chi connectivity index (χ0v) is 6.83. The first-order chi connectivity index (χ1) is 5.20. The fourth-order valence-corrected chi connectivity index (χ4v) is 2.44. The Labute approximate surface area is 66.5 Å². The SMILES string of the molecule is CN1[C@@H]2CC[C@H]1[C@@H](F)[C@@H](N)C2. The van der Waals surface area contributed by atoms with Crippen molar-refractivity contribution in [3.05, 3.63) is 0 Å². The van der Waals surface area contributed by atoms with Gasteiger partial charge in [-0.05, 0) is 26.3 Å². The summed E-state index contributed by atoms with van der Waals surface area (Å²) in [5.41, 5.74) is 5.66. The van der Waals surface area contributed by atoms with E-state index in [-0.39, 0.29) is 12.1 Å². The van der Waals surface area contributed by atoms with Gasteiger partial charge < -0.3 is 5.73 Å². The van der Waals surface area contributed by atoms with E-state index in [1.54, 1.807) is 0 Å². The molecule has 0 spiro atoms. The molecule has 0 saturated carbocycles. The number of halogens is 1. The predicted molar refractivity (Wildman–Crippen MR) is 42.1 cm³/mol. The Morgan fingerprint density at radius 3 is 2.91 bits per heavy atom. The van der Waals surface area contributed by atoms with E-state index in [1.807, 2.05) is 7.05 Å². The molecule has 64 valence electrons. The lowest BCUT2D eigenvalue weighted by atomic mass is 9.97. The number of piperidine rings is 1. The summed E-state index contributed by atoms with van der Waals surface area (Å²) in [7, 11) is 2.01. The Morgan fingerprint density at radius 2 is 2.18 bits per heavy atom. The molecule has 2 heterocycles. The molecule has 2 N–H and O–H groups in total. The molecular weight excluding hydrogens is 143 g/mol. The van der Waals surface area contributed by atoms with Gasteiger partial charge >= 0.3 is 0 Å². The van der Waals surface area contributed by atoms with Gasteiger partial charge in [-0.2, -0.15) is 0 Å². The van der Waals surface area contributed by atoms with E-state index in [0.717, 1.165) is 19.3 Å². The second-order valence-electron chi connectivity index (χ2n) is 3.81. The van der Waals surface area contributed by atoms with Crippen molar-refractivity contribution < 1.29 is 4.39 Å². The van der Waals surface area contributed by atoms with Crippen LogP contribution in [0.1, 0.15) is 19.3 Å². The van der Waals surface area contributed by atoms with Crippen LogP contribution in [0, 0.1) is 0 Å². The molecule has 0 radical (unpaired) electrons. The Bertz CT molecular complexity index is 162. The molecule has 0 aliphatic carbocycles. The first-order valence-electron chi connectivity index (χ1n) is 4.31. The van der Waals surface area contributed by atoms with Gasteiger partial charge in [0.25, 0.3) is 0 Å². The highest BCUT2D eigenvalue weighted by molar-refractivity contribution is 5.00. The Morgan fingerprint density at radius 1 is 1.45 bits per heavy atom. The molecular formula is C8H15FN2. The highest BCUT2D eigenvalue weighted by atomic mass is 19.1. The zero-order chi connectivity index (χ0) is 8.01. The van der Waals surface area contributed by atoms with Gasteiger partial charge in [0.1, 0.15) is 6.17 Å². The van der Waals surface area contributed by atoms with Crippen LogP contribution in [0.15, 0.2) is 0 Å².